The summed E-state index contributed by atoms with van der Waals surface area (Å²) in [5.41, 5.74) is 3.84. The zero-order chi connectivity index (χ0) is 14.8. The molecule has 3 aromatic rings. The maximum absolute atomic E-state index is 4.50. The lowest BCUT2D eigenvalue weighted by Crippen LogP contribution is -2.00. The third-order valence-corrected chi connectivity index (χ3v) is 3.77. The fraction of sp³-hybridized carbons (Fsp3) is 0.188. The molecule has 0 aliphatic rings. The van der Waals surface area contributed by atoms with Crippen molar-refractivity contribution in [3.63, 3.8) is 0 Å². The topological polar surface area (TPSA) is 50.7 Å². The first kappa shape index (κ1) is 13.9. The zero-order valence-electron chi connectivity index (χ0n) is 11.8. The van der Waals surface area contributed by atoms with E-state index in [1.807, 2.05) is 36.4 Å². The van der Waals surface area contributed by atoms with Gasteiger partial charge in [0, 0.05) is 10.2 Å². The van der Waals surface area contributed by atoms with E-state index in [4.69, 9.17) is 0 Å². The summed E-state index contributed by atoms with van der Waals surface area (Å²) >= 11 is 3.41. The van der Waals surface area contributed by atoms with Crippen LogP contribution in [-0.2, 0) is 0 Å². The summed E-state index contributed by atoms with van der Waals surface area (Å²) in [5.74, 6) is 0.971. The summed E-state index contributed by atoms with van der Waals surface area (Å²) in [6, 6.07) is 14.0. The Labute approximate surface area is 131 Å². The van der Waals surface area contributed by atoms with Crippen LogP contribution in [0.15, 0.2) is 46.9 Å². The van der Waals surface area contributed by atoms with Crippen LogP contribution in [0.4, 0.5) is 11.6 Å². The van der Waals surface area contributed by atoms with Crippen molar-refractivity contribution in [2.45, 2.75) is 19.8 Å². The number of nitrogens with one attached hydrogen (secondary N) is 1. The molecule has 5 heteroatoms. The molecule has 1 heterocycles. The van der Waals surface area contributed by atoms with Crippen molar-refractivity contribution in [1.82, 2.24) is 15.2 Å². The Balaban J connectivity index is 1.90. The van der Waals surface area contributed by atoms with Crippen LogP contribution in [0, 0.1) is 0 Å². The minimum Gasteiger partial charge on any atom is -0.323 e. The standard InChI is InChI=1S/C16H15BrN4/c1-10(2)11-3-8-14-15(9-11)20-21-16(19-14)18-13-6-4-12(17)5-7-13/h3-10H,1-2H3,(H,18,19,21). The Morgan fingerprint density at radius 1 is 0.952 bits per heavy atom. The Kier molecular flexibility index (Phi) is 3.84. The van der Waals surface area contributed by atoms with Crippen LogP contribution < -0.4 is 5.32 Å². The van der Waals surface area contributed by atoms with Gasteiger partial charge in [-0.2, -0.15) is 0 Å². The van der Waals surface area contributed by atoms with Crippen LogP contribution in [0.25, 0.3) is 11.0 Å². The SMILES string of the molecule is CC(C)c1ccc2nc(Nc3ccc(Br)cc3)nnc2c1. The molecule has 106 valence electrons. The van der Waals surface area contributed by atoms with Gasteiger partial charge in [-0.15, -0.1) is 10.2 Å². The fourth-order valence-electron chi connectivity index (χ4n) is 2.03. The van der Waals surface area contributed by atoms with Gasteiger partial charge in [-0.3, -0.25) is 0 Å². The molecule has 0 saturated heterocycles. The number of rotatable bonds is 3. The maximum Gasteiger partial charge on any atom is 0.247 e. The van der Waals surface area contributed by atoms with Crippen molar-refractivity contribution in [3.05, 3.63) is 52.5 Å². The first-order valence-electron chi connectivity index (χ1n) is 6.79. The number of nitrogens with zero attached hydrogens (tertiary/aromatic N) is 3. The third-order valence-electron chi connectivity index (χ3n) is 3.25. The first-order chi connectivity index (χ1) is 10.1. The minimum absolute atomic E-state index is 0.469. The molecule has 4 nitrogen and oxygen atoms in total. The van der Waals surface area contributed by atoms with Gasteiger partial charge in [0.1, 0.15) is 5.52 Å². The van der Waals surface area contributed by atoms with Crippen LogP contribution >= 0.6 is 15.9 Å². The lowest BCUT2D eigenvalue weighted by molar-refractivity contribution is 0.866. The molecule has 0 aliphatic heterocycles. The molecule has 0 bridgehead atoms. The van der Waals surface area contributed by atoms with Gasteiger partial charge in [-0.25, -0.2) is 4.98 Å². The van der Waals surface area contributed by atoms with Crippen LogP contribution in [0.2, 0.25) is 0 Å². The molecular weight excluding hydrogens is 328 g/mol. The Hall–Kier alpha value is -2.01. The monoisotopic (exact) mass is 342 g/mol. The molecule has 3 rings (SSSR count). The molecule has 0 amide bonds. The number of fused-ring (bicyclic) bond motifs is 1. The second-order valence-corrected chi connectivity index (χ2v) is 6.09. The second kappa shape index (κ2) is 5.77. The van der Waals surface area contributed by atoms with Crippen molar-refractivity contribution in [2.75, 3.05) is 5.32 Å². The van der Waals surface area contributed by atoms with Gasteiger partial charge in [0.25, 0.3) is 0 Å². The van der Waals surface area contributed by atoms with E-state index < -0.39 is 0 Å². The van der Waals surface area contributed by atoms with Crippen LogP contribution in [0.3, 0.4) is 0 Å². The number of halogens is 1. The van der Waals surface area contributed by atoms with Gasteiger partial charge in [0.2, 0.25) is 5.95 Å². The quantitative estimate of drug-likeness (QED) is 0.752. The van der Waals surface area contributed by atoms with Crippen molar-refractivity contribution in [3.8, 4) is 0 Å². The third kappa shape index (κ3) is 3.19. The van der Waals surface area contributed by atoms with E-state index in [1.165, 1.54) is 5.56 Å². The van der Waals surface area contributed by atoms with Crippen molar-refractivity contribution in [1.29, 1.82) is 0 Å². The van der Waals surface area contributed by atoms with E-state index in [9.17, 15) is 0 Å². The van der Waals surface area contributed by atoms with E-state index in [1.54, 1.807) is 0 Å². The number of hydrogen-bond acceptors (Lipinski definition) is 4. The van der Waals surface area contributed by atoms with E-state index in [2.05, 4.69) is 56.3 Å². The first-order valence-corrected chi connectivity index (χ1v) is 7.58. The summed E-state index contributed by atoms with van der Waals surface area (Å²) in [4.78, 5) is 4.50. The average Bonchev–Trinajstić information content (AvgIpc) is 2.49. The molecule has 1 N–H and O–H groups in total. The molecule has 1 aromatic heterocycles. The molecule has 0 radical (unpaired) electrons. The highest BCUT2D eigenvalue weighted by atomic mass is 79.9. The zero-order valence-corrected chi connectivity index (χ0v) is 13.4. The highest BCUT2D eigenvalue weighted by Gasteiger charge is 2.05. The van der Waals surface area contributed by atoms with Crippen LogP contribution in [-0.4, -0.2) is 15.2 Å². The number of hydrogen-bond donors (Lipinski definition) is 1. The number of benzene rings is 2. The van der Waals surface area contributed by atoms with Crippen molar-refractivity contribution < 1.29 is 0 Å². The van der Waals surface area contributed by atoms with Gasteiger partial charge >= 0.3 is 0 Å². The molecule has 0 spiro atoms. The van der Waals surface area contributed by atoms with Crippen molar-refractivity contribution >= 4 is 38.6 Å². The molecule has 0 atom stereocenters. The lowest BCUT2D eigenvalue weighted by atomic mass is 10.0. The summed E-state index contributed by atoms with van der Waals surface area (Å²) in [7, 11) is 0. The Morgan fingerprint density at radius 3 is 2.43 bits per heavy atom. The Bertz CT molecular complexity index is 769. The van der Waals surface area contributed by atoms with Gasteiger partial charge in [0.05, 0.1) is 5.52 Å². The largest absolute Gasteiger partial charge is 0.323 e. The molecule has 0 saturated carbocycles. The minimum atomic E-state index is 0.469. The normalized spacial score (nSPS) is 11.0. The number of anilines is 2. The smallest absolute Gasteiger partial charge is 0.247 e. The summed E-state index contributed by atoms with van der Waals surface area (Å²) in [5, 5.41) is 11.5. The summed E-state index contributed by atoms with van der Waals surface area (Å²) < 4.78 is 1.03. The fourth-order valence-corrected chi connectivity index (χ4v) is 2.29. The molecule has 0 unspecified atom stereocenters. The highest BCUT2D eigenvalue weighted by Crippen LogP contribution is 2.21. The van der Waals surface area contributed by atoms with Gasteiger partial charge in [-0.1, -0.05) is 35.8 Å². The molecule has 0 fully saturated rings. The maximum atomic E-state index is 4.50. The van der Waals surface area contributed by atoms with Crippen LogP contribution in [0.1, 0.15) is 25.3 Å². The Morgan fingerprint density at radius 2 is 1.71 bits per heavy atom. The van der Waals surface area contributed by atoms with Crippen molar-refractivity contribution in [2.24, 2.45) is 0 Å². The predicted octanol–water partition coefficient (Wildman–Crippen LogP) is 4.65. The van der Waals surface area contributed by atoms with E-state index in [0.29, 0.717) is 11.9 Å². The molecule has 2 aromatic carbocycles. The highest BCUT2D eigenvalue weighted by molar-refractivity contribution is 9.10. The second-order valence-electron chi connectivity index (χ2n) is 5.17. The summed E-state index contributed by atoms with van der Waals surface area (Å²) in [6.07, 6.45) is 0. The van der Waals surface area contributed by atoms with Gasteiger partial charge in [0.15, 0.2) is 0 Å². The molecule has 21 heavy (non-hydrogen) atoms. The van der Waals surface area contributed by atoms with Gasteiger partial charge < -0.3 is 5.32 Å². The number of aromatic nitrogens is 3. The predicted molar refractivity (Wildman–Crippen MR) is 88.8 cm³/mol. The van der Waals surface area contributed by atoms with Gasteiger partial charge in [-0.05, 0) is 47.9 Å². The molecular formula is C16H15BrN4. The van der Waals surface area contributed by atoms with Crippen LogP contribution in [0.5, 0.6) is 0 Å². The summed E-state index contributed by atoms with van der Waals surface area (Å²) in [6.45, 7) is 4.32. The van der Waals surface area contributed by atoms with E-state index >= 15 is 0 Å². The van der Waals surface area contributed by atoms with E-state index in [-0.39, 0.29) is 0 Å². The lowest BCUT2D eigenvalue weighted by Gasteiger charge is -2.07. The molecule has 0 aliphatic carbocycles. The van der Waals surface area contributed by atoms with E-state index in [0.717, 1.165) is 21.2 Å². The average molecular weight is 343 g/mol.